The molecular weight excluding hydrogens is 333 g/mol. The van der Waals surface area contributed by atoms with Crippen molar-refractivity contribution in [3.63, 3.8) is 0 Å². The lowest BCUT2D eigenvalue weighted by atomic mass is 9.89. The number of halogens is 1. The topological polar surface area (TPSA) is 47.0 Å². The van der Waals surface area contributed by atoms with Gasteiger partial charge in [-0.2, -0.15) is 0 Å². The fourth-order valence-corrected chi connectivity index (χ4v) is 4.11. The molecule has 2 fully saturated rings. The molecule has 0 aliphatic carbocycles. The normalized spacial score (nSPS) is 21.7. The Morgan fingerprint density at radius 2 is 1.85 bits per heavy atom. The zero-order valence-corrected chi connectivity index (χ0v) is 15.8. The Hall–Kier alpha value is -1.66. The van der Waals surface area contributed by atoms with Gasteiger partial charge in [0, 0.05) is 45.3 Å². The van der Waals surface area contributed by atoms with Crippen LogP contribution in [-0.2, 0) is 11.2 Å². The molecule has 6 heteroatoms. The smallest absolute Gasteiger partial charge is 0.226 e. The van der Waals surface area contributed by atoms with E-state index in [1.165, 1.54) is 12.1 Å². The number of nitrogens with zero attached hydrogens (tertiary/aromatic N) is 3. The summed E-state index contributed by atoms with van der Waals surface area (Å²) in [6.45, 7) is 8.40. The molecule has 1 aromatic carbocycles. The van der Waals surface area contributed by atoms with E-state index in [9.17, 15) is 14.3 Å². The molecule has 2 aliphatic rings. The number of phenols is 1. The summed E-state index contributed by atoms with van der Waals surface area (Å²) in [5.41, 5.74) is 0.609. The maximum absolute atomic E-state index is 13.4. The molecule has 2 saturated heterocycles. The molecule has 1 aromatic rings. The van der Waals surface area contributed by atoms with E-state index >= 15 is 0 Å². The van der Waals surface area contributed by atoms with Crippen molar-refractivity contribution in [2.24, 2.45) is 5.92 Å². The van der Waals surface area contributed by atoms with Crippen LogP contribution in [-0.4, -0.2) is 78.1 Å². The zero-order valence-electron chi connectivity index (χ0n) is 15.8. The Kier molecular flexibility index (Phi) is 6.14. The first-order valence-electron chi connectivity index (χ1n) is 9.62. The molecule has 0 saturated carbocycles. The van der Waals surface area contributed by atoms with Crippen molar-refractivity contribution in [2.75, 3.05) is 46.3 Å². The van der Waals surface area contributed by atoms with Gasteiger partial charge in [0.15, 0.2) is 11.6 Å². The van der Waals surface area contributed by atoms with E-state index in [0.29, 0.717) is 17.5 Å². The van der Waals surface area contributed by atoms with Gasteiger partial charge in [-0.25, -0.2) is 4.39 Å². The molecule has 5 nitrogen and oxygen atoms in total. The summed E-state index contributed by atoms with van der Waals surface area (Å²) in [5.74, 6) is -0.371. The fourth-order valence-electron chi connectivity index (χ4n) is 4.11. The van der Waals surface area contributed by atoms with E-state index in [-0.39, 0.29) is 18.1 Å². The van der Waals surface area contributed by atoms with Gasteiger partial charge in [0.1, 0.15) is 0 Å². The van der Waals surface area contributed by atoms with Gasteiger partial charge in [0.05, 0.1) is 6.42 Å². The van der Waals surface area contributed by atoms with Crippen molar-refractivity contribution in [1.82, 2.24) is 14.7 Å². The van der Waals surface area contributed by atoms with Crippen LogP contribution in [0, 0.1) is 11.7 Å². The van der Waals surface area contributed by atoms with Gasteiger partial charge in [-0.05, 0) is 50.4 Å². The first-order valence-corrected chi connectivity index (χ1v) is 9.62. The second-order valence-corrected chi connectivity index (χ2v) is 7.76. The molecule has 3 rings (SSSR count). The number of aromatic hydroxyl groups is 1. The van der Waals surface area contributed by atoms with Crippen molar-refractivity contribution in [1.29, 1.82) is 0 Å². The third-order valence-electron chi connectivity index (χ3n) is 6.06. The molecule has 0 radical (unpaired) electrons. The number of carbonyl (C=O) groups excluding carboxylic acids is 1. The van der Waals surface area contributed by atoms with Crippen LogP contribution >= 0.6 is 0 Å². The minimum atomic E-state index is -0.671. The lowest BCUT2D eigenvalue weighted by Gasteiger charge is -2.42. The number of likely N-dealkylation sites (N-methyl/N-ethyl adjacent to an activating group) is 1. The van der Waals surface area contributed by atoms with Crippen LogP contribution in [0.15, 0.2) is 18.2 Å². The van der Waals surface area contributed by atoms with Gasteiger partial charge in [-0.3, -0.25) is 9.69 Å². The molecule has 0 bridgehead atoms. The van der Waals surface area contributed by atoms with Gasteiger partial charge in [0.2, 0.25) is 5.91 Å². The van der Waals surface area contributed by atoms with E-state index in [1.54, 1.807) is 6.07 Å². The summed E-state index contributed by atoms with van der Waals surface area (Å²) in [6.07, 6.45) is 2.25. The summed E-state index contributed by atoms with van der Waals surface area (Å²) in [7, 11) is 2.17. The average Bonchev–Trinajstić information content (AvgIpc) is 2.65. The molecule has 0 spiro atoms. The fraction of sp³-hybridized carbons (Fsp3) is 0.650. The quantitative estimate of drug-likeness (QED) is 0.888. The Morgan fingerprint density at radius 1 is 1.19 bits per heavy atom. The van der Waals surface area contributed by atoms with Crippen molar-refractivity contribution >= 4 is 5.91 Å². The standard InChI is InChI=1S/C20H30FN3O2/c1-15(23-11-9-22(2)10-12-23)17-5-7-24(8-6-17)20(26)14-16-3-4-19(25)18(21)13-16/h3-4,13,15,17,25H,5-12,14H2,1-2H3/t15-/m1/s1. The summed E-state index contributed by atoms with van der Waals surface area (Å²) in [4.78, 5) is 19.4. The number of likely N-dealkylation sites (tertiary alicyclic amines) is 1. The first-order chi connectivity index (χ1) is 12.4. The average molecular weight is 363 g/mol. The number of piperazine rings is 1. The van der Waals surface area contributed by atoms with Crippen LogP contribution in [0.2, 0.25) is 0 Å². The van der Waals surface area contributed by atoms with E-state index in [0.717, 1.165) is 52.1 Å². The zero-order chi connectivity index (χ0) is 18.7. The van der Waals surface area contributed by atoms with E-state index < -0.39 is 5.82 Å². The highest BCUT2D eigenvalue weighted by atomic mass is 19.1. The lowest BCUT2D eigenvalue weighted by molar-refractivity contribution is -0.132. The van der Waals surface area contributed by atoms with Gasteiger partial charge in [-0.15, -0.1) is 0 Å². The van der Waals surface area contributed by atoms with Crippen LogP contribution in [0.4, 0.5) is 4.39 Å². The van der Waals surface area contributed by atoms with Crippen molar-refractivity contribution < 1.29 is 14.3 Å². The summed E-state index contributed by atoms with van der Waals surface area (Å²) in [5, 5.41) is 9.25. The number of rotatable bonds is 4. The number of piperidine rings is 1. The number of phenolic OH excluding ortho intramolecular Hbond substituents is 1. The molecule has 0 aromatic heterocycles. The van der Waals surface area contributed by atoms with Gasteiger partial charge >= 0.3 is 0 Å². The monoisotopic (exact) mass is 363 g/mol. The number of benzene rings is 1. The van der Waals surface area contributed by atoms with E-state index in [4.69, 9.17) is 0 Å². The highest BCUT2D eigenvalue weighted by Gasteiger charge is 2.30. The minimum absolute atomic E-state index is 0.0424. The number of carbonyl (C=O) groups is 1. The van der Waals surface area contributed by atoms with E-state index in [1.807, 2.05) is 4.90 Å². The lowest BCUT2D eigenvalue weighted by Crippen LogP contribution is -2.52. The number of hydrogen-bond donors (Lipinski definition) is 1. The van der Waals surface area contributed by atoms with Crippen molar-refractivity contribution in [2.45, 2.75) is 32.2 Å². The third-order valence-corrected chi connectivity index (χ3v) is 6.06. The Bertz CT molecular complexity index is 623. The van der Waals surface area contributed by atoms with Crippen LogP contribution in [0.25, 0.3) is 0 Å². The second kappa shape index (κ2) is 8.35. The van der Waals surface area contributed by atoms with Crippen molar-refractivity contribution in [3.05, 3.63) is 29.6 Å². The maximum Gasteiger partial charge on any atom is 0.226 e. The number of amides is 1. The second-order valence-electron chi connectivity index (χ2n) is 7.76. The van der Waals surface area contributed by atoms with Gasteiger partial charge < -0.3 is 14.9 Å². The van der Waals surface area contributed by atoms with Crippen LogP contribution < -0.4 is 0 Å². The SMILES string of the molecule is C[C@H](C1CCN(C(=O)Cc2ccc(O)c(F)c2)CC1)N1CCN(C)CC1. The Labute approximate surface area is 155 Å². The molecule has 0 unspecified atom stereocenters. The van der Waals surface area contributed by atoms with Crippen LogP contribution in [0.5, 0.6) is 5.75 Å². The molecule has 1 amide bonds. The molecule has 144 valence electrons. The largest absolute Gasteiger partial charge is 0.505 e. The van der Waals surface area contributed by atoms with Gasteiger partial charge in [0.25, 0.3) is 0 Å². The van der Waals surface area contributed by atoms with Gasteiger partial charge in [-0.1, -0.05) is 6.07 Å². The maximum atomic E-state index is 13.4. The summed E-state index contributed by atoms with van der Waals surface area (Å²) < 4.78 is 13.4. The van der Waals surface area contributed by atoms with Crippen LogP contribution in [0.1, 0.15) is 25.3 Å². The van der Waals surface area contributed by atoms with Crippen LogP contribution in [0.3, 0.4) is 0 Å². The highest BCUT2D eigenvalue weighted by molar-refractivity contribution is 5.78. The first kappa shape index (κ1) is 19.1. The Morgan fingerprint density at radius 3 is 2.46 bits per heavy atom. The third kappa shape index (κ3) is 4.54. The molecule has 1 atom stereocenters. The summed E-state index contributed by atoms with van der Waals surface area (Å²) in [6, 6.07) is 4.72. The molecule has 1 N–H and O–H groups in total. The molecule has 2 aliphatic heterocycles. The molecular formula is C20H30FN3O2. The molecule has 2 heterocycles. The predicted octanol–water partition coefficient (Wildman–Crippen LogP) is 1.95. The van der Waals surface area contributed by atoms with E-state index in [2.05, 4.69) is 23.8 Å². The Balaban J connectivity index is 1.48. The van der Waals surface area contributed by atoms with Crippen molar-refractivity contribution in [3.8, 4) is 5.75 Å². The predicted molar refractivity (Wildman–Crippen MR) is 99.6 cm³/mol. The minimum Gasteiger partial charge on any atom is -0.505 e. The molecule has 26 heavy (non-hydrogen) atoms. The number of hydrogen-bond acceptors (Lipinski definition) is 4. The highest BCUT2D eigenvalue weighted by Crippen LogP contribution is 2.25. The summed E-state index contributed by atoms with van der Waals surface area (Å²) >= 11 is 0.